The predicted octanol–water partition coefficient (Wildman–Crippen LogP) is 2.20. The molecular weight excluding hydrogens is 250 g/mol. The lowest BCUT2D eigenvalue weighted by Crippen LogP contribution is -2.13. The van der Waals surface area contributed by atoms with Gasteiger partial charge in [-0.1, -0.05) is 32.1 Å². The number of anilines is 1. The average molecular weight is 265 g/mol. The zero-order valence-electron chi connectivity index (χ0n) is 10.5. The Morgan fingerprint density at radius 1 is 1.50 bits per heavy atom. The van der Waals surface area contributed by atoms with Crippen molar-refractivity contribution in [1.29, 1.82) is 0 Å². The second-order valence-corrected chi connectivity index (χ2v) is 5.22. The van der Waals surface area contributed by atoms with Crippen LogP contribution < -0.4 is 5.32 Å². The fourth-order valence-electron chi connectivity index (χ4n) is 1.53. The van der Waals surface area contributed by atoms with Gasteiger partial charge in [-0.25, -0.2) is 0 Å². The molecule has 2 aromatic rings. The Labute approximate surface area is 109 Å². The molecule has 1 amide bonds. The Bertz CT molecular complexity index is 545. The summed E-state index contributed by atoms with van der Waals surface area (Å²) in [5.41, 5.74) is 1.38. The van der Waals surface area contributed by atoms with Crippen LogP contribution in [0.1, 0.15) is 47.7 Å². The van der Waals surface area contributed by atoms with Crippen LogP contribution in [-0.4, -0.2) is 26.3 Å². The average Bonchev–Trinajstić information content (AvgIpc) is 2.96. The molecule has 0 radical (unpaired) electrons. The van der Waals surface area contributed by atoms with E-state index in [1.807, 2.05) is 20.8 Å². The normalized spacial score (nSPS) is 10.9. The summed E-state index contributed by atoms with van der Waals surface area (Å²) >= 11 is 1.39. The molecule has 0 unspecified atom stereocenters. The maximum Gasteiger partial charge on any atom is 0.260 e. The maximum atomic E-state index is 12.1. The number of aromatic amines is 1. The number of carbonyl (C=O) groups is 1. The molecule has 0 atom stereocenters. The first-order valence-corrected chi connectivity index (χ1v) is 6.60. The van der Waals surface area contributed by atoms with E-state index in [0.717, 1.165) is 17.1 Å². The number of rotatable bonds is 4. The standard InChI is InChI=1S/C11H15N5OS/c1-4-8-14-16-11(18-8)13-10(17)7-5-12-15-9(7)6(2)3/h5-6H,4H2,1-3H3,(H,12,15)(H,13,16,17). The van der Waals surface area contributed by atoms with E-state index in [4.69, 9.17) is 0 Å². The van der Waals surface area contributed by atoms with Crippen molar-refractivity contribution in [2.24, 2.45) is 0 Å². The number of hydrogen-bond donors (Lipinski definition) is 2. The van der Waals surface area contributed by atoms with Gasteiger partial charge in [0.1, 0.15) is 5.01 Å². The molecule has 0 saturated heterocycles. The van der Waals surface area contributed by atoms with Gasteiger partial charge in [-0.05, 0) is 12.3 Å². The Hall–Kier alpha value is -1.76. The van der Waals surface area contributed by atoms with Gasteiger partial charge in [-0.2, -0.15) is 5.10 Å². The van der Waals surface area contributed by atoms with E-state index in [-0.39, 0.29) is 11.8 Å². The van der Waals surface area contributed by atoms with E-state index in [1.165, 1.54) is 17.5 Å². The minimum absolute atomic E-state index is 0.203. The van der Waals surface area contributed by atoms with Crippen molar-refractivity contribution >= 4 is 22.4 Å². The Balaban J connectivity index is 2.14. The topological polar surface area (TPSA) is 83.6 Å². The first kappa shape index (κ1) is 12.7. The monoisotopic (exact) mass is 265 g/mol. The molecule has 2 aromatic heterocycles. The van der Waals surface area contributed by atoms with E-state index >= 15 is 0 Å². The molecule has 2 heterocycles. The molecule has 0 fully saturated rings. The molecule has 7 heteroatoms. The highest BCUT2D eigenvalue weighted by molar-refractivity contribution is 7.15. The van der Waals surface area contributed by atoms with Gasteiger partial charge in [0.2, 0.25) is 5.13 Å². The van der Waals surface area contributed by atoms with Crippen LogP contribution in [0.2, 0.25) is 0 Å². The summed E-state index contributed by atoms with van der Waals surface area (Å²) in [6.45, 7) is 6.01. The van der Waals surface area contributed by atoms with Crippen molar-refractivity contribution < 1.29 is 4.79 Å². The zero-order valence-corrected chi connectivity index (χ0v) is 11.3. The number of amides is 1. The maximum absolute atomic E-state index is 12.1. The highest BCUT2D eigenvalue weighted by Gasteiger charge is 2.17. The van der Waals surface area contributed by atoms with Crippen molar-refractivity contribution in [3.05, 3.63) is 22.5 Å². The third-order valence-electron chi connectivity index (χ3n) is 2.48. The number of nitrogens with one attached hydrogen (secondary N) is 2. The van der Waals surface area contributed by atoms with Crippen LogP contribution in [0, 0.1) is 0 Å². The molecule has 0 spiro atoms. The minimum Gasteiger partial charge on any atom is -0.296 e. The summed E-state index contributed by atoms with van der Waals surface area (Å²) in [6, 6.07) is 0. The molecule has 0 aliphatic heterocycles. The SMILES string of the molecule is CCc1nnc(NC(=O)c2cn[nH]c2C(C)C)s1. The number of nitrogens with zero attached hydrogens (tertiary/aromatic N) is 3. The molecule has 0 aliphatic rings. The number of aromatic nitrogens is 4. The lowest BCUT2D eigenvalue weighted by molar-refractivity contribution is 0.102. The van der Waals surface area contributed by atoms with Crippen molar-refractivity contribution in [1.82, 2.24) is 20.4 Å². The van der Waals surface area contributed by atoms with E-state index in [0.29, 0.717) is 10.7 Å². The van der Waals surface area contributed by atoms with Gasteiger partial charge in [0, 0.05) is 0 Å². The smallest absolute Gasteiger partial charge is 0.260 e. The predicted molar refractivity (Wildman–Crippen MR) is 69.9 cm³/mol. The fraction of sp³-hybridized carbons (Fsp3) is 0.455. The molecule has 0 aliphatic carbocycles. The van der Waals surface area contributed by atoms with Crippen molar-refractivity contribution in [3.63, 3.8) is 0 Å². The third kappa shape index (κ3) is 2.56. The Morgan fingerprint density at radius 3 is 2.89 bits per heavy atom. The molecule has 96 valence electrons. The zero-order chi connectivity index (χ0) is 13.1. The number of carbonyl (C=O) groups excluding carboxylic acids is 1. The number of aryl methyl sites for hydroxylation is 1. The summed E-state index contributed by atoms with van der Waals surface area (Å²) in [5.74, 6) is 0.0140. The van der Waals surface area contributed by atoms with Crippen LogP contribution in [0.5, 0.6) is 0 Å². The van der Waals surface area contributed by atoms with Gasteiger partial charge < -0.3 is 0 Å². The molecule has 0 saturated carbocycles. The van der Waals surface area contributed by atoms with Crippen LogP contribution >= 0.6 is 11.3 Å². The first-order chi connectivity index (χ1) is 8.61. The van der Waals surface area contributed by atoms with Crippen molar-refractivity contribution in [2.45, 2.75) is 33.1 Å². The van der Waals surface area contributed by atoms with E-state index < -0.39 is 0 Å². The van der Waals surface area contributed by atoms with E-state index in [9.17, 15) is 4.79 Å². The molecule has 2 N–H and O–H groups in total. The largest absolute Gasteiger partial charge is 0.296 e. The Morgan fingerprint density at radius 2 is 2.28 bits per heavy atom. The second kappa shape index (κ2) is 5.26. The quantitative estimate of drug-likeness (QED) is 0.887. The summed E-state index contributed by atoms with van der Waals surface area (Å²) in [5, 5.41) is 18.8. The molecular formula is C11H15N5OS. The molecule has 6 nitrogen and oxygen atoms in total. The van der Waals surface area contributed by atoms with Crippen molar-refractivity contribution in [2.75, 3.05) is 5.32 Å². The highest BCUT2D eigenvalue weighted by atomic mass is 32.1. The van der Waals surface area contributed by atoms with Crippen LogP contribution in [0.25, 0.3) is 0 Å². The summed E-state index contributed by atoms with van der Waals surface area (Å²) in [6.07, 6.45) is 2.35. The fourth-order valence-corrected chi connectivity index (χ4v) is 2.20. The second-order valence-electron chi connectivity index (χ2n) is 4.16. The molecule has 2 rings (SSSR count). The first-order valence-electron chi connectivity index (χ1n) is 5.78. The van der Waals surface area contributed by atoms with Gasteiger partial charge in [0.15, 0.2) is 0 Å². The lowest BCUT2D eigenvalue weighted by Gasteiger charge is -2.05. The van der Waals surface area contributed by atoms with Crippen molar-refractivity contribution in [3.8, 4) is 0 Å². The van der Waals surface area contributed by atoms with Gasteiger partial charge >= 0.3 is 0 Å². The van der Waals surface area contributed by atoms with E-state index in [1.54, 1.807) is 0 Å². The van der Waals surface area contributed by atoms with Gasteiger partial charge in [-0.15, -0.1) is 10.2 Å². The lowest BCUT2D eigenvalue weighted by atomic mass is 10.1. The minimum atomic E-state index is -0.203. The number of hydrogen-bond acceptors (Lipinski definition) is 5. The Kier molecular flexibility index (Phi) is 3.71. The van der Waals surface area contributed by atoms with Gasteiger partial charge in [-0.3, -0.25) is 15.2 Å². The highest BCUT2D eigenvalue weighted by Crippen LogP contribution is 2.20. The van der Waals surface area contributed by atoms with Crippen LogP contribution in [-0.2, 0) is 6.42 Å². The number of H-pyrrole nitrogens is 1. The van der Waals surface area contributed by atoms with Crippen LogP contribution in [0.15, 0.2) is 6.20 Å². The molecule has 0 aromatic carbocycles. The summed E-state index contributed by atoms with van der Waals surface area (Å²) < 4.78 is 0. The van der Waals surface area contributed by atoms with Crippen LogP contribution in [0.4, 0.5) is 5.13 Å². The molecule has 0 bridgehead atoms. The van der Waals surface area contributed by atoms with E-state index in [2.05, 4.69) is 25.7 Å². The summed E-state index contributed by atoms with van der Waals surface area (Å²) in [7, 11) is 0. The molecule has 18 heavy (non-hydrogen) atoms. The van der Waals surface area contributed by atoms with Crippen LogP contribution in [0.3, 0.4) is 0 Å². The third-order valence-corrected chi connectivity index (χ3v) is 3.46. The summed E-state index contributed by atoms with van der Waals surface area (Å²) in [4.78, 5) is 12.1. The van der Waals surface area contributed by atoms with Gasteiger partial charge in [0.05, 0.1) is 17.5 Å². The van der Waals surface area contributed by atoms with Gasteiger partial charge in [0.25, 0.3) is 5.91 Å².